The largest absolute Gasteiger partial charge is 0.494 e. The third-order valence-corrected chi connectivity index (χ3v) is 6.50. The van der Waals surface area contributed by atoms with E-state index in [2.05, 4.69) is 0 Å². The van der Waals surface area contributed by atoms with Crippen LogP contribution in [-0.4, -0.2) is 34.8 Å². The molecule has 3 N–H and O–H groups in total. The third kappa shape index (κ3) is 8.17. The average Bonchev–Trinajstić information content (AvgIpc) is 3.29. The summed E-state index contributed by atoms with van der Waals surface area (Å²) in [6, 6.07) is 17.3. The molecule has 0 aliphatic heterocycles. The maximum atomic E-state index is 13.6. The molecule has 0 saturated heterocycles. The number of para-hydroxylation sites is 1. The van der Waals surface area contributed by atoms with Gasteiger partial charge in [-0.15, -0.1) is 0 Å². The maximum absolute atomic E-state index is 13.6. The summed E-state index contributed by atoms with van der Waals surface area (Å²) >= 11 is 0. The van der Waals surface area contributed by atoms with E-state index in [0.717, 1.165) is 33.7 Å². The quantitative estimate of drug-likeness (QED) is 0.132. The molecule has 4 rings (SSSR count). The molecule has 0 atom stereocenters. The van der Waals surface area contributed by atoms with Crippen molar-refractivity contribution >= 4 is 34.9 Å². The molecule has 4 aromatic rings. The van der Waals surface area contributed by atoms with Crippen LogP contribution in [0.5, 0.6) is 11.5 Å². The highest BCUT2D eigenvalue weighted by Gasteiger charge is 2.13. The number of carbonyl (C=O) groups is 2. The second-order valence-electron chi connectivity index (χ2n) is 9.60. The zero-order chi connectivity index (χ0) is 29.2. The number of aryl methyl sites for hydroxylation is 1. The highest BCUT2D eigenvalue weighted by molar-refractivity contribution is 5.94. The summed E-state index contributed by atoms with van der Waals surface area (Å²) < 4.78 is 39.7. The molecule has 41 heavy (non-hydrogen) atoms. The van der Waals surface area contributed by atoms with E-state index in [9.17, 15) is 23.5 Å². The van der Waals surface area contributed by atoms with Crippen LogP contribution in [0.4, 0.5) is 8.78 Å². The molecule has 0 bridgehead atoms. The van der Waals surface area contributed by atoms with Gasteiger partial charge in [0.05, 0.1) is 18.7 Å². The van der Waals surface area contributed by atoms with E-state index in [1.165, 1.54) is 12.1 Å². The lowest BCUT2D eigenvalue weighted by atomic mass is 10.0. The molecule has 7 nitrogen and oxygen atoms in total. The first-order chi connectivity index (χ1) is 19.8. The van der Waals surface area contributed by atoms with Crippen LogP contribution in [0.25, 0.3) is 23.1 Å². The lowest BCUT2D eigenvalue weighted by molar-refractivity contribution is -0.137. The second-order valence-corrected chi connectivity index (χ2v) is 9.60. The van der Waals surface area contributed by atoms with Gasteiger partial charge < -0.3 is 24.9 Å². The molecule has 0 unspecified atom stereocenters. The van der Waals surface area contributed by atoms with Crippen LogP contribution < -0.4 is 15.2 Å². The van der Waals surface area contributed by atoms with Crippen molar-refractivity contribution in [3.8, 4) is 11.5 Å². The molecule has 0 aliphatic rings. The summed E-state index contributed by atoms with van der Waals surface area (Å²) in [6.07, 6.45) is 8.55. The van der Waals surface area contributed by atoms with Crippen LogP contribution in [0, 0.1) is 11.6 Å². The molecule has 0 aliphatic carbocycles. The molecule has 0 saturated carbocycles. The van der Waals surface area contributed by atoms with E-state index in [-0.39, 0.29) is 31.2 Å². The number of fused-ring (bicyclic) bond motifs is 1. The molecule has 0 radical (unpaired) electrons. The average molecular weight is 563 g/mol. The van der Waals surface area contributed by atoms with E-state index >= 15 is 0 Å². The number of nitrogens with two attached hydrogens (primary N) is 1. The van der Waals surface area contributed by atoms with E-state index in [4.69, 9.17) is 15.2 Å². The first-order valence-corrected chi connectivity index (χ1v) is 13.4. The molecule has 0 fully saturated rings. The van der Waals surface area contributed by atoms with Crippen molar-refractivity contribution in [1.82, 2.24) is 4.57 Å². The summed E-state index contributed by atoms with van der Waals surface area (Å²) in [4.78, 5) is 22.7. The molecule has 1 aromatic heterocycles. The normalized spacial score (nSPS) is 11.3. The molecular weight excluding hydrogens is 530 g/mol. The van der Waals surface area contributed by atoms with Crippen LogP contribution in [0.1, 0.15) is 42.4 Å². The highest BCUT2D eigenvalue weighted by Crippen LogP contribution is 2.28. The predicted octanol–water partition coefficient (Wildman–Crippen LogP) is 6.22. The Labute approximate surface area is 236 Å². The Hall–Kier alpha value is -4.66. The van der Waals surface area contributed by atoms with Crippen molar-refractivity contribution < 1.29 is 33.0 Å². The maximum Gasteiger partial charge on any atom is 0.323 e. The smallest absolute Gasteiger partial charge is 0.323 e. The second kappa shape index (κ2) is 14.1. The first-order valence-electron chi connectivity index (χ1n) is 13.4. The third-order valence-electron chi connectivity index (χ3n) is 6.50. The summed E-state index contributed by atoms with van der Waals surface area (Å²) in [7, 11) is 0. The van der Waals surface area contributed by atoms with E-state index in [1.807, 2.05) is 60.8 Å². The van der Waals surface area contributed by atoms with Gasteiger partial charge in [-0.3, -0.25) is 9.59 Å². The lowest BCUT2D eigenvalue weighted by Gasteiger charge is -2.09. The number of hydrogen-bond donors (Lipinski definition) is 2. The van der Waals surface area contributed by atoms with Gasteiger partial charge >= 0.3 is 5.97 Å². The standard InChI is InChI=1S/C32H32F2N2O5/c33-27-9-5-10-28(31(27)34)41-19-2-1-18-40-25-16-13-22(14-17-25)12-15-23-6-3-8-26-24(7-4-11-29(35)37)20-36(32(23)26)21-30(38)39/h3,5-6,8-10,12-17,20H,1-2,4,7,11,18-19,21H2,(H2,35,37)(H,38,39). The Morgan fingerprint density at radius 2 is 1.63 bits per heavy atom. The van der Waals surface area contributed by atoms with E-state index in [1.54, 1.807) is 4.57 Å². The van der Waals surface area contributed by atoms with E-state index < -0.39 is 17.6 Å². The zero-order valence-electron chi connectivity index (χ0n) is 22.5. The number of primary amides is 1. The summed E-state index contributed by atoms with van der Waals surface area (Å²) in [6.45, 7) is 0.538. The van der Waals surface area contributed by atoms with Gasteiger partial charge in [-0.1, -0.05) is 48.6 Å². The number of carboxylic acids is 1. The van der Waals surface area contributed by atoms with Crippen LogP contribution in [0.15, 0.2) is 66.9 Å². The summed E-state index contributed by atoms with van der Waals surface area (Å²) in [5.74, 6) is -2.60. The molecule has 0 spiro atoms. The number of aromatic nitrogens is 1. The molecular formula is C32H32F2N2O5. The fourth-order valence-electron chi connectivity index (χ4n) is 4.55. The molecule has 9 heteroatoms. The number of carboxylic acid groups (broad SMARTS) is 1. The molecule has 1 amide bonds. The number of rotatable bonds is 15. The van der Waals surface area contributed by atoms with Gasteiger partial charge in [0.1, 0.15) is 12.3 Å². The van der Waals surface area contributed by atoms with Crippen molar-refractivity contribution in [1.29, 1.82) is 0 Å². The Kier molecular flexibility index (Phi) is 10.1. The Bertz CT molecular complexity index is 1530. The Morgan fingerprint density at radius 3 is 2.37 bits per heavy atom. The number of amides is 1. The number of ether oxygens (including phenoxy) is 2. The zero-order valence-corrected chi connectivity index (χ0v) is 22.5. The van der Waals surface area contributed by atoms with Crippen molar-refractivity contribution in [2.45, 2.75) is 38.6 Å². The van der Waals surface area contributed by atoms with Crippen LogP contribution in [0.2, 0.25) is 0 Å². The number of carbonyl (C=O) groups excluding carboxylic acids is 1. The number of nitrogens with zero attached hydrogens (tertiary/aromatic N) is 1. The van der Waals surface area contributed by atoms with Gasteiger partial charge in [-0.2, -0.15) is 4.39 Å². The molecule has 214 valence electrons. The van der Waals surface area contributed by atoms with Crippen molar-refractivity contribution in [2.24, 2.45) is 5.73 Å². The van der Waals surface area contributed by atoms with Gasteiger partial charge in [0.2, 0.25) is 11.7 Å². The van der Waals surface area contributed by atoms with Gasteiger partial charge in [0.15, 0.2) is 11.6 Å². The number of aliphatic carboxylic acids is 1. The summed E-state index contributed by atoms with van der Waals surface area (Å²) in [5, 5.41) is 10.4. The predicted molar refractivity (Wildman–Crippen MR) is 154 cm³/mol. The van der Waals surface area contributed by atoms with Crippen LogP contribution in [0.3, 0.4) is 0 Å². The monoisotopic (exact) mass is 562 g/mol. The SMILES string of the molecule is NC(=O)CCCc1cn(CC(=O)O)c2c(C=Cc3ccc(OCCCCOc4cccc(F)c4F)cc3)cccc12. The van der Waals surface area contributed by atoms with Gasteiger partial charge in [-0.05, 0) is 66.6 Å². The minimum Gasteiger partial charge on any atom is -0.494 e. The minimum absolute atomic E-state index is 0.0958. The molecule has 1 heterocycles. The number of benzene rings is 3. The van der Waals surface area contributed by atoms with Crippen molar-refractivity contribution in [3.63, 3.8) is 0 Å². The van der Waals surface area contributed by atoms with Gasteiger partial charge in [0.25, 0.3) is 0 Å². The molecule has 3 aromatic carbocycles. The van der Waals surface area contributed by atoms with Crippen molar-refractivity contribution in [2.75, 3.05) is 13.2 Å². The first kappa shape index (κ1) is 29.3. The topological polar surface area (TPSA) is 104 Å². The number of halogens is 2. The number of hydrogen-bond acceptors (Lipinski definition) is 4. The Morgan fingerprint density at radius 1 is 0.902 bits per heavy atom. The lowest BCUT2D eigenvalue weighted by Crippen LogP contribution is -2.10. The Balaban J connectivity index is 1.34. The fourth-order valence-corrected chi connectivity index (χ4v) is 4.55. The van der Waals surface area contributed by atoms with Crippen molar-refractivity contribution in [3.05, 3.63) is 95.2 Å². The van der Waals surface area contributed by atoms with Crippen LogP contribution >= 0.6 is 0 Å². The van der Waals surface area contributed by atoms with Gasteiger partial charge in [0, 0.05) is 18.0 Å². The summed E-state index contributed by atoms with van der Waals surface area (Å²) in [5.41, 5.74) is 8.90. The number of unbranched alkanes of at least 4 members (excludes halogenated alkanes) is 1. The van der Waals surface area contributed by atoms with Crippen LogP contribution in [-0.2, 0) is 22.6 Å². The highest BCUT2D eigenvalue weighted by atomic mass is 19.2. The van der Waals surface area contributed by atoms with Gasteiger partial charge in [-0.25, -0.2) is 4.39 Å². The van der Waals surface area contributed by atoms with E-state index in [0.29, 0.717) is 38.0 Å². The minimum atomic E-state index is -0.981. The fraction of sp³-hybridized carbons (Fsp3) is 0.250.